The average Bonchev–Trinajstić information content (AvgIpc) is 2.50. The summed E-state index contributed by atoms with van der Waals surface area (Å²) in [6, 6.07) is 12.4. The summed E-state index contributed by atoms with van der Waals surface area (Å²) in [5.41, 5.74) is 8.41. The van der Waals surface area contributed by atoms with Gasteiger partial charge in [-0.15, -0.1) is 0 Å². The zero-order valence-electron chi connectivity index (χ0n) is 11.3. The Balaban J connectivity index is 2.18. The lowest BCUT2D eigenvalue weighted by Crippen LogP contribution is -2.15. The molecule has 0 atom stereocenters. The molecule has 0 saturated carbocycles. The number of rotatable bonds is 3. The van der Waals surface area contributed by atoms with Gasteiger partial charge >= 0.3 is 0 Å². The molecule has 0 bridgehead atoms. The van der Waals surface area contributed by atoms with Crippen LogP contribution >= 0.6 is 22.6 Å². The number of oxime groups is 1. The molecular weight excluding hydrogens is 381 g/mol. The molecular formula is C15H14IN3O2. The summed E-state index contributed by atoms with van der Waals surface area (Å²) in [6.45, 7) is 1.96. The van der Waals surface area contributed by atoms with Crippen molar-refractivity contribution in [1.82, 2.24) is 0 Å². The van der Waals surface area contributed by atoms with Crippen molar-refractivity contribution in [2.24, 2.45) is 10.9 Å². The molecule has 0 radical (unpaired) electrons. The van der Waals surface area contributed by atoms with Crippen LogP contribution in [0.3, 0.4) is 0 Å². The Morgan fingerprint density at radius 2 is 1.90 bits per heavy atom. The quantitative estimate of drug-likeness (QED) is 0.246. The van der Waals surface area contributed by atoms with E-state index in [0.29, 0.717) is 16.8 Å². The summed E-state index contributed by atoms with van der Waals surface area (Å²) in [6.07, 6.45) is 0. The molecule has 108 valence electrons. The number of nitrogens with one attached hydrogen (secondary N) is 1. The third kappa shape index (κ3) is 3.52. The van der Waals surface area contributed by atoms with E-state index in [1.807, 2.05) is 19.1 Å². The third-order valence-corrected chi connectivity index (χ3v) is 4.41. The zero-order valence-corrected chi connectivity index (χ0v) is 13.5. The number of hydrogen-bond acceptors (Lipinski definition) is 3. The number of halogens is 1. The molecule has 1 amide bonds. The summed E-state index contributed by atoms with van der Waals surface area (Å²) in [5, 5.41) is 14.3. The van der Waals surface area contributed by atoms with Crippen LogP contribution in [0.5, 0.6) is 0 Å². The molecule has 0 saturated heterocycles. The van der Waals surface area contributed by atoms with Gasteiger partial charge in [-0.1, -0.05) is 17.3 Å². The Labute approximate surface area is 136 Å². The molecule has 0 aliphatic carbocycles. The van der Waals surface area contributed by atoms with E-state index in [9.17, 15) is 4.79 Å². The number of nitrogens with zero attached hydrogens (tertiary/aromatic N) is 1. The Morgan fingerprint density at radius 1 is 1.24 bits per heavy atom. The lowest BCUT2D eigenvalue weighted by atomic mass is 10.1. The number of anilines is 1. The van der Waals surface area contributed by atoms with Crippen LogP contribution in [0.15, 0.2) is 47.6 Å². The van der Waals surface area contributed by atoms with Gasteiger partial charge in [0, 0.05) is 14.8 Å². The molecule has 2 rings (SSSR count). The number of benzene rings is 2. The van der Waals surface area contributed by atoms with Gasteiger partial charge in [-0.3, -0.25) is 4.79 Å². The van der Waals surface area contributed by atoms with Crippen molar-refractivity contribution in [3.8, 4) is 0 Å². The molecule has 2 aromatic rings. The summed E-state index contributed by atoms with van der Waals surface area (Å²) >= 11 is 2.16. The predicted molar refractivity (Wildman–Crippen MR) is 90.8 cm³/mol. The lowest BCUT2D eigenvalue weighted by molar-refractivity contribution is 0.102. The van der Waals surface area contributed by atoms with E-state index in [0.717, 1.165) is 9.13 Å². The van der Waals surface area contributed by atoms with Crippen LogP contribution in [0.4, 0.5) is 5.69 Å². The maximum atomic E-state index is 12.3. The first-order valence-corrected chi connectivity index (χ1v) is 7.25. The van der Waals surface area contributed by atoms with Crippen molar-refractivity contribution in [1.29, 1.82) is 0 Å². The van der Waals surface area contributed by atoms with Crippen LogP contribution in [0.2, 0.25) is 0 Å². The van der Waals surface area contributed by atoms with Gasteiger partial charge in [0.1, 0.15) is 0 Å². The van der Waals surface area contributed by atoms with Crippen molar-refractivity contribution >= 4 is 40.0 Å². The minimum Gasteiger partial charge on any atom is -0.409 e. The molecule has 4 N–H and O–H groups in total. The number of aryl methyl sites for hydroxylation is 1. The second kappa shape index (κ2) is 6.57. The van der Waals surface area contributed by atoms with Crippen molar-refractivity contribution in [3.05, 3.63) is 62.7 Å². The van der Waals surface area contributed by atoms with E-state index in [4.69, 9.17) is 10.9 Å². The highest BCUT2D eigenvalue weighted by Crippen LogP contribution is 2.18. The first-order chi connectivity index (χ1) is 10.0. The fraction of sp³-hybridized carbons (Fsp3) is 0.0667. The predicted octanol–water partition coefficient (Wildman–Crippen LogP) is 2.95. The zero-order chi connectivity index (χ0) is 15.4. The third-order valence-electron chi connectivity index (χ3n) is 2.98. The van der Waals surface area contributed by atoms with Gasteiger partial charge in [0.05, 0.1) is 5.56 Å². The van der Waals surface area contributed by atoms with Crippen LogP contribution in [-0.4, -0.2) is 17.0 Å². The summed E-state index contributed by atoms with van der Waals surface area (Å²) in [5.74, 6) is -0.138. The second-order valence-corrected chi connectivity index (χ2v) is 5.53. The fourth-order valence-corrected chi connectivity index (χ4v) is 2.41. The summed E-state index contributed by atoms with van der Waals surface area (Å²) < 4.78 is 0.931. The highest BCUT2D eigenvalue weighted by atomic mass is 127. The minimum atomic E-state index is -0.167. The van der Waals surface area contributed by atoms with Crippen molar-refractivity contribution in [2.75, 3.05) is 5.32 Å². The van der Waals surface area contributed by atoms with Gasteiger partial charge in [0.15, 0.2) is 5.84 Å². The molecule has 0 aliphatic rings. The number of amides is 1. The maximum Gasteiger partial charge on any atom is 0.256 e. The van der Waals surface area contributed by atoms with E-state index in [1.165, 1.54) is 0 Å². The molecule has 6 heteroatoms. The lowest BCUT2D eigenvalue weighted by Gasteiger charge is -2.09. The highest BCUT2D eigenvalue weighted by Gasteiger charge is 2.11. The highest BCUT2D eigenvalue weighted by molar-refractivity contribution is 14.1. The Bertz CT molecular complexity index is 697. The molecule has 0 heterocycles. The fourth-order valence-electron chi connectivity index (χ4n) is 1.80. The molecule has 0 spiro atoms. The summed E-state index contributed by atoms with van der Waals surface area (Å²) in [4.78, 5) is 12.3. The second-order valence-electron chi connectivity index (χ2n) is 4.45. The minimum absolute atomic E-state index is 0.0288. The number of nitrogens with two attached hydrogens (primary N) is 1. The van der Waals surface area contributed by atoms with Gasteiger partial charge in [0.2, 0.25) is 0 Å². The molecule has 21 heavy (non-hydrogen) atoms. The SMILES string of the molecule is Cc1cccc(C(=O)Nc2ccc(/C(N)=N/O)cc2)c1I. The smallest absolute Gasteiger partial charge is 0.256 e. The van der Waals surface area contributed by atoms with Crippen LogP contribution < -0.4 is 11.1 Å². The van der Waals surface area contributed by atoms with Crippen molar-refractivity contribution < 1.29 is 10.0 Å². The monoisotopic (exact) mass is 395 g/mol. The molecule has 0 aromatic heterocycles. The van der Waals surface area contributed by atoms with Crippen LogP contribution in [0, 0.1) is 10.5 Å². The van der Waals surface area contributed by atoms with Crippen LogP contribution in [0.1, 0.15) is 21.5 Å². The number of carbonyl (C=O) groups is 1. The van der Waals surface area contributed by atoms with Gasteiger partial charge in [-0.05, 0) is 65.4 Å². The van der Waals surface area contributed by atoms with Crippen molar-refractivity contribution in [3.63, 3.8) is 0 Å². The van der Waals surface area contributed by atoms with E-state index in [2.05, 4.69) is 33.1 Å². The van der Waals surface area contributed by atoms with E-state index < -0.39 is 0 Å². The summed E-state index contributed by atoms with van der Waals surface area (Å²) in [7, 11) is 0. The van der Waals surface area contributed by atoms with Gasteiger partial charge in [-0.2, -0.15) is 0 Å². The van der Waals surface area contributed by atoms with E-state index in [1.54, 1.807) is 30.3 Å². The molecule has 0 fully saturated rings. The topological polar surface area (TPSA) is 87.7 Å². The number of amidine groups is 1. The van der Waals surface area contributed by atoms with Gasteiger partial charge < -0.3 is 16.3 Å². The normalized spacial score (nSPS) is 11.2. The average molecular weight is 395 g/mol. The van der Waals surface area contributed by atoms with Crippen LogP contribution in [-0.2, 0) is 0 Å². The van der Waals surface area contributed by atoms with Gasteiger partial charge in [0.25, 0.3) is 5.91 Å². The number of hydrogen-bond donors (Lipinski definition) is 3. The molecule has 0 aliphatic heterocycles. The van der Waals surface area contributed by atoms with Crippen LogP contribution in [0.25, 0.3) is 0 Å². The first kappa shape index (κ1) is 15.3. The van der Waals surface area contributed by atoms with Crippen molar-refractivity contribution in [2.45, 2.75) is 6.92 Å². The van der Waals surface area contributed by atoms with E-state index in [-0.39, 0.29) is 11.7 Å². The molecule has 2 aromatic carbocycles. The first-order valence-electron chi connectivity index (χ1n) is 6.17. The number of carbonyl (C=O) groups excluding carboxylic acids is 1. The van der Waals surface area contributed by atoms with E-state index >= 15 is 0 Å². The van der Waals surface area contributed by atoms with Gasteiger partial charge in [-0.25, -0.2) is 0 Å². The molecule has 5 nitrogen and oxygen atoms in total. The molecule has 0 unspecified atom stereocenters. The Hall–Kier alpha value is -2.09. The Kier molecular flexibility index (Phi) is 4.79. The maximum absolute atomic E-state index is 12.3. The Morgan fingerprint density at radius 3 is 2.52 bits per heavy atom. The largest absolute Gasteiger partial charge is 0.409 e. The standard InChI is InChI=1S/C15H14IN3O2/c1-9-3-2-4-12(13(9)16)15(20)18-11-7-5-10(6-8-11)14(17)19-21/h2-8,21H,1H3,(H2,17,19)(H,18,20).